The van der Waals surface area contributed by atoms with E-state index >= 15 is 0 Å². The van der Waals surface area contributed by atoms with Gasteiger partial charge in [-0.25, -0.2) is 4.79 Å². The van der Waals surface area contributed by atoms with Gasteiger partial charge in [0, 0.05) is 6.20 Å². The molecule has 102 valence electrons. The van der Waals surface area contributed by atoms with E-state index in [1.807, 2.05) is 0 Å². The number of aromatic nitrogens is 2. The molecule has 0 unspecified atom stereocenters. The Balaban J connectivity index is 1.77. The van der Waals surface area contributed by atoms with Gasteiger partial charge in [0.2, 0.25) is 0 Å². The maximum atomic E-state index is 12.2. The molecule has 0 aromatic carbocycles. The molecule has 1 amide bonds. The van der Waals surface area contributed by atoms with Crippen LogP contribution in [0.4, 0.5) is 0 Å². The SMILES string of the molecule is O=C(NC1(C(=O)O)CC1)c1ccnn1C1CCCC1. The number of carbonyl (C=O) groups excluding carboxylic acids is 1. The standard InChI is InChI=1S/C13H17N3O3/c17-11(15-13(6-7-13)12(18)19)10-5-8-14-16(10)9-3-1-2-4-9/h5,8-9H,1-4,6-7H2,(H,15,17)(H,18,19). The highest BCUT2D eigenvalue weighted by atomic mass is 16.4. The van der Waals surface area contributed by atoms with Crippen LogP contribution in [0.15, 0.2) is 12.3 Å². The van der Waals surface area contributed by atoms with Crippen LogP contribution in [0.25, 0.3) is 0 Å². The molecule has 0 spiro atoms. The molecule has 0 saturated heterocycles. The normalized spacial score (nSPS) is 21.3. The monoisotopic (exact) mass is 263 g/mol. The Kier molecular flexibility index (Phi) is 2.80. The molecule has 1 heterocycles. The summed E-state index contributed by atoms with van der Waals surface area (Å²) in [6.07, 6.45) is 7.00. The summed E-state index contributed by atoms with van der Waals surface area (Å²) < 4.78 is 1.75. The number of rotatable bonds is 4. The average Bonchev–Trinajstić information content (AvgIpc) is 2.86. The second-order valence-corrected chi connectivity index (χ2v) is 5.44. The van der Waals surface area contributed by atoms with Gasteiger partial charge in [-0.05, 0) is 31.7 Å². The molecule has 3 rings (SSSR count). The van der Waals surface area contributed by atoms with Crippen LogP contribution in [0.1, 0.15) is 55.1 Å². The van der Waals surface area contributed by atoms with Crippen molar-refractivity contribution in [3.05, 3.63) is 18.0 Å². The number of carboxylic acid groups (broad SMARTS) is 1. The van der Waals surface area contributed by atoms with Crippen molar-refractivity contribution in [2.45, 2.75) is 50.1 Å². The first-order valence-corrected chi connectivity index (χ1v) is 6.72. The molecule has 2 saturated carbocycles. The van der Waals surface area contributed by atoms with Gasteiger partial charge in [0.05, 0.1) is 6.04 Å². The Morgan fingerprint density at radius 3 is 2.63 bits per heavy atom. The van der Waals surface area contributed by atoms with E-state index in [1.165, 1.54) is 0 Å². The van der Waals surface area contributed by atoms with E-state index in [9.17, 15) is 9.59 Å². The van der Waals surface area contributed by atoms with Gasteiger partial charge in [-0.2, -0.15) is 5.10 Å². The molecule has 19 heavy (non-hydrogen) atoms. The molecular formula is C13H17N3O3. The minimum atomic E-state index is -1.04. The Hall–Kier alpha value is -1.85. The summed E-state index contributed by atoms with van der Waals surface area (Å²) >= 11 is 0. The third-order valence-corrected chi connectivity index (χ3v) is 4.09. The first-order chi connectivity index (χ1) is 9.12. The summed E-state index contributed by atoms with van der Waals surface area (Å²) in [5.41, 5.74) is -0.568. The molecular weight excluding hydrogens is 246 g/mol. The van der Waals surface area contributed by atoms with Gasteiger partial charge in [0.15, 0.2) is 0 Å². The van der Waals surface area contributed by atoms with Crippen LogP contribution in [0, 0.1) is 0 Å². The first kappa shape index (κ1) is 12.2. The van der Waals surface area contributed by atoms with Crippen LogP contribution >= 0.6 is 0 Å². The van der Waals surface area contributed by atoms with E-state index < -0.39 is 11.5 Å². The number of carboxylic acids is 1. The molecule has 6 heteroatoms. The highest BCUT2D eigenvalue weighted by Gasteiger charge is 2.52. The second kappa shape index (κ2) is 4.36. The maximum absolute atomic E-state index is 12.2. The number of hydrogen-bond acceptors (Lipinski definition) is 3. The van der Waals surface area contributed by atoms with E-state index in [4.69, 9.17) is 5.11 Å². The van der Waals surface area contributed by atoms with Gasteiger partial charge >= 0.3 is 5.97 Å². The van der Waals surface area contributed by atoms with Gasteiger partial charge in [-0.3, -0.25) is 9.48 Å². The lowest BCUT2D eigenvalue weighted by molar-refractivity contribution is -0.140. The van der Waals surface area contributed by atoms with Crippen molar-refractivity contribution < 1.29 is 14.7 Å². The molecule has 2 fully saturated rings. The van der Waals surface area contributed by atoms with E-state index in [1.54, 1.807) is 16.9 Å². The lowest BCUT2D eigenvalue weighted by Gasteiger charge is -2.16. The van der Waals surface area contributed by atoms with Crippen molar-refractivity contribution in [2.75, 3.05) is 0 Å². The van der Waals surface area contributed by atoms with E-state index in [-0.39, 0.29) is 11.9 Å². The Morgan fingerprint density at radius 1 is 1.37 bits per heavy atom. The summed E-state index contributed by atoms with van der Waals surface area (Å²) in [6, 6.07) is 1.93. The molecule has 6 nitrogen and oxygen atoms in total. The highest BCUT2D eigenvalue weighted by Crippen LogP contribution is 2.36. The third kappa shape index (κ3) is 2.11. The van der Waals surface area contributed by atoms with Gasteiger partial charge < -0.3 is 10.4 Å². The Labute approximate surface area is 110 Å². The summed E-state index contributed by atoms with van der Waals surface area (Å²) in [5, 5.41) is 16.0. The first-order valence-electron chi connectivity index (χ1n) is 6.72. The number of aliphatic carboxylic acids is 1. The molecule has 0 radical (unpaired) electrons. The Morgan fingerprint density at radius 2 is 2.05 bits per heavy atom. The number of amides is 1. The van der Waals surface area contributed by atoms with Gasteiger partial charge in [-0.1, -0.05) is 12.8 Å². The fourth-order valence-corrected chi connectivity index (χ4v) is 2.73. The molecule has 2 N–H and O–H groups in total. The van der Waals surface area contributed by atoms with Crippen molar-refractivity contribution in [3.63, 3.8) is 0 Å². The number of carbonyl (C=O) groups is 2. The average molecular weight is 263 g/mol. The van der Waals surface area contributed by atoms with Crippen LogP contribution in [-0.4, -0.2) is 32.3 Å². The van der Waals surface area contributed by atoms with Crippen LogP contribution in [0.5, 0.6) is 0 Å². The molecule has 2 aliphatic rings. The van der Waals surface area contributed by atoms with Gasteiger partial charge in [-0.15, -0.1) is 0 Å². The van der Waals surface area contributed by atoms with Crippen molar-refractivity contribution >= 4 is 11.9 Å². The maximum Gasteiger partial charge on any atom is 0.329 e. The quantitative estimate of drug-likeness (QED) is 0.858. The number of hydrogen-bond donors (Lipinski definition) is 2. The zero-order valence-electron chi connectivity index (χ0n) is 10.6. The number of nitrogens with zero attached hydrogens (tertiary/aromatic N) is 2. The van der Waals surface area contributed by atoms with Crippen LogP contribution in [-0.2, 0) is 4.79 Å². The lowest BCUT2D eigenvalue weighted by Crippen LogP contribution is -2.43. The van der Waals surface area contributed by atoms with Crippen molar-refractivity contribution in [1.29, 1.82) is 0 Å². The predicted octanol–water partition coefficient (Wildman–Crippen LogP) is 1.35. The van der Waals surface area contributed by atoms with Crippen LogP contribution < -0.4 is 5.32 Å². The fourth-order valence-electron chi connectivity index (χ4n) is 2.73. The van der Waals surface area contributed by atoms with Crippen molar-refractivity contribution in [1.82, 2.24) is 15.1 Å². The van der Waals surface area contributed by atoms with Crippen LogP contribution in [0.3, 0.4) is 0 Å². The third-order valence-electron chi connectivity index (χ3n) is 4.09. The van der Waals surface area contributed by atoms with Crippen LogP contribution in [0.2, 0.25) is 0 Å². The molecule has 0 aliphatic heterocycles. The lowest BCUT2D eigenvalue weighted by atomic mass is 10.2. The molecule has 0 atom stereocenters. The highest BCUT2D eigenvalue weighted by molar-refractivity contribution is 5.97. The summed E-state index contributed by atoms with van der Waals surface area (Å²) in [7, 11) is 0. The minimum absolute atomic E-state index is 0.274. The summed E-state index contributed by atoms with van der Waals surface area (Å²) in [5.74, 6) is -1.28. The van der Waals surface area contributed by atoms with Gasteiger partial charge in [0.25, 0.3) is 5.91 Å². The zero-order valence-corrected chi connectivity index (χ0v) is 10.6. The molecule has 1 aromatic rings. The smallest absolute Gasteiger partial charge is 0.329 e. The fraction of sp³-hybridized carbons (Fsp3) is 0.615. The zero-order chi connectivity index (χ0) is 13.5. The van der Waals surface area contributed by atoms with E-state index in [0.29, 0.717) is 18.5 Å². The molecule has 0 bridgehead atoms. The molecule has 2 aliphatic carbocycles. The topological polar surface area (TPSA) is 84.2 Å². The van der Waals surface area contributed by atoms with Gasteiger partial charge in [0.1, 0.15) is 11.2 Å². The Bertz CT molecular complexity index is 513. The predicted molar refractivity (Wildman–Crippen MR) is 66.8 cm³/mol. The molecule has 1 aromatic heterocycles. The summed E-state index contributed by atoms with van der Waals surface area (Å²) in [4.78, 5) is 23.3. The van der Waals surface area contributed by atoms with E-state index in [0.717, 1.165) is 25.7 Å². The second-order valence-electron chi connectivity index (χ2n) is 5.44. The van der Waals surface area contributed by atoms with E-state index in [2.05, 4.69) is 10.4 Å². The van der Waals surface area contributed by atoms with Crippen molar-refractivity contribution in [3.8, 4) is 0 Å². The number of nitrogens with one attached hydrogen (secondary N) is 1. The largest absolute Gasteiger partial charge is 0.480 e. The minimum Gasteiger partial charge on any atom is -0.480 e. The summed E-state index contributed by atoms with van der Waals surface area (Å²) in [6.45, 7) is 0. The van der Waals surface area contributed by atoms with Crippen molar-refractivity contribution in [2.24, 2.45) is 0 Å².